The van der Waals surface area contributed by atoms with Gasteiger partial charge >= 0.3 is 5.97 Å². The molecule has 0 aliphatic heterocycles. The van der Waals surface area contributed by atoms with Gasteiger partial charge in [-0.25, -0.2) is 17.6 Å². The predicted octanol–water partition coefficient (Wildman–Crippen LogP) is 1.20. The maximum absolute atomic E-state index is 13.2. The van der Waals surface area contributed by atoms with Crippen LogP contribution in [0.15, 0.2) is 18.2 Å². The molecule has 1 rings (SSSR count). The minimum Gasteiger partial charge on any atom is -0.479 e. The Morgan fingerprint density at radius 3 is 2.50 bits per heavy atom. The molecule has 0 spiro atoms. The van der Waals surface area contributed by atoms with Crippen LogP contribution in [0.4, 0.5) is 4.39 Å². The summed E-state index contributed by atoms with van der Waals surface area (Å²) < 4.78 is 36.4. The highest BCUT2D eigenvalue weighted by molar-refractivity contribution is 7.92. The van der Waals surface area contributed by atoms with Crippen molar-refractivity contribution in [3.63, 3.8) is 0 Å². The van der Waals surface area contributed by atoms with Crippen molar-refractivity contribution in [2.24, 2.45) is 0 Å². The molecular formula is C14H18FNO5S. The maximum Gasteiger partial charge on any atom is 0.330 e. The number of rotatable bonds is 7. The summed E-state index contributed by atoms with van der Waals surface area (Å²) in [5, 5.41) is 11.3. The zero-order valence-corrected chi connectivity index (χ0v) is 13.1. The summed E-state index contributed by atoms with van der Waals surface area (Å²) >= 11 is 0. The molecule has 1 unspecified atom stereocenters. The Bertz CT molecular complexity index is 672. The quantitative estimate of drug-likeness (QED) is 0.782. The average Bonchev–Trinajstić information content (AvgIpc) is 2.38. The van der Waals surface area contributed by atoms with Gasteiger partial charge in [0.15, 0.2) is 15.9 Å². The number of aryl methyl sites for hydroxylation is 1. The molecule has 0 saturated heterocycles. The lowest BCUT2D eigenvalue weighted by Crippen LogP contribution is -2.37. The van der Waals surface area contributed by atoms with Gasteiger partial charge < -0.3 is 10.4 Å². The first kappa shape index (κ1) is 18.1. The number of sulfone groups is 1. The van der Waals surface area contributed by atoms with Crippen LogP contribution in [0.2, 0.25) is 0 Å². The first-order valence-corrected chi connectivity index (χ1v) is 8.47. The number of carbonyl (C=O) groups is 2. The van der Waals surface area contributed by atoms with Gasteiger partial charge in [-0.15, -0.1) is 0 Å². The van der Waals surface area contributed by atoms with Gasteiger partial charge in [-0.1, -0.05) is 19.1 Å². The summed E-state index contributed by atoms with van der Waals surface area (Å²) in [4.78, 5) is 23.0. The maximum atomic E-state index is 13.2. The minimum absolute atomic E-state index is 0.145. The van der Waals surface area contributed by atoms with E-state index in [0.29, 0.717) is 6.42 Å². The van der Waals surface area contributed by atoms with Crippen molar-refractivity contribution in [3.05, 3.63) is 35.1 Å². The van der Waals surface area contributed by atoms with E-state index in [2.05, 4.69) is 5.32 Å². The van der Waals surface area contributed by atoms with Gasteiger partial charge in [0.05, 0.1) is 5.75 Å². The summed E-state index contributed by atoms with van der Waals surface area (Å²) in [5.74, 6) is -3.67. The van der Waals surface area contributed by atoms with Gasteiger partial charge in [-0.2, -0.15) is 0 Å². The van der Waals surface area contributed by atoms with E-state index in [9.17, 15) is 27.5 Å². The van der Waals surface area contributed by atoms with E-state index in [4.69, 9.17) is 0 Å². The van der Waals surface area contributed by atoms with Crippen molar-refractivity contribution in [1.29, 1.82) is 0 Å². The molecule has 0 aliphatic carbocycles. The SMILES string of the molecule is CCCS(=O)(=O)CC(=O)NC(C(=O)O)c1ccc(F)c(C)c1. The second-order valence-corrected chi connectivity index (χ2v) is 7.12. The van der Waals surface area contributed by atoms with Gasteiger partial charge in [0, 0.05) is 0 Å². The Kier molecular flexibility index (Phi) is 6.04. The molecule has 0 aromatic heterocycles. The van der Waals surface area contributed by atoms with E-state index < -0.39 is 39.3 Å². The van der Waals surface area contributed by atoms with Crippen molar-refractivity contribution in [3.8, 4) is 0 Å². The Hall–Kier alpha value is -1.96. The molecule has 6 nitrogen and oxygen atoms in total. The Balaban J connectivity index is 2.91. The zero-order valence-electron chi connectivity index (χ0n) is 12.3. The van der Waals surface area contributed by atoms with E-state index in [1.54, 1.807) is 6.92 Å². The van der Waals surface area contributed by atoms with Crippen molar-refractivity contribution < 1.29 is 27.5 Å². The average molecular weight is 331 g/mol. The predicted molar refractivity (Wildman–Crippen MR) is 78.6 cm³/mol. The van der Waals surface area contributed by atoms with E-state index in [1.807, 2.05) is 0 Å². The Morgan fingerprint density at radius 1 is 1.36 bits per heavy atom. The van der Waals surface area contributed by atoms with Crippen molar-refractivity contribution in [2.45, 2.75) is 26.3 Å². The number of hydrogen-bond donors (Lipinski definition) is 2. The first-order valence-electron chi connectivity index (χ1n) is 6.65. The molecule has 0 aliphatic rings. The summed E-state index contributed by atoms with van der Waals surface area (Å²) in [7, 11) is -3.56. The van der Waals surface area contributed by atoms with Gasteiger partial charge in [0.25, 0.3) is 0 Å². The molecule has 122 valence electrons. The fraction of sp³-hybridized carbons (Fsp3) is 0.429. The first-order chi connectivity index (χ1) is 10.2. The van der Waals surface area contributed by atoms with Crippen LogP contribution in [0.25, 0.3) is 0 Å². The van der Waals surface area contributed by atoms with Crippen LogP contribution in [0.1, 0.15) is 30.5 Å². The van der Waals surface area contributed by atoms with Gasteiger partial charge in [0.1, 0.15) is 11.6 Å². The molecule has 0 heterocycles. The number of carboxylic acids is 1. The third-order valence-electron chi connectivity index (χ3n) is 2.93. The fourth-order valence-corrected chi connectivity index (χ4v) is 3.17. The highest BCUT2D eigenvalue weighted by atomic mass is 32.2. The molecule has 0 radical (unpaired) electrons. The largest absolute Gasteiger partial charge is 0.479 e. The Labute approximate surface area is 128 Å². The zero-order chi connectivity index (χ0) is 16.9. The van der Waals surface area contributed by atoms with Gasteiger partial charge in [0.2, 0.25) is 5.91 Å². The molecule has 0 saturated carbocycles. The standard InChI is InChI=1S/C14H18FNO5S/c1-3-6-22(20,21)8-12(17)16-13(14(18)19)10-4-5-11(15)9(2)7-10/h4-5,7,13H,3,6,8H2,1-2H3,(H,16,17)(H,18,19). The van der Waals surface area contributed by atoms with Crippen molar-refractivity contribution in [1.82, 2.24) is 5.32 Å². The number of benzene rings is 1. The number of nitrogens with one attached hydrogen (secondary N) is 1. The van der Waals surface area contributed by atoms with Gasteiger partial charge in [-0.05, 0) is 30.5 Å². The lowest BCUT2D eigenvalue weighted by Gasteiger charge is -2.15. The number of halogens is 1. The third kappa shape index (κ3) is 5.10. The van der Waals surface area contributed by atoms with Crippen LogP contribution in [0, 0.1) is 12.7 Å². The number of carbonyl (C=O) groups excluding carboxylic acids is 1. The molecular weight excluding hydrogens is 313 g/mol. The van der Waals surface area contributed by atoms with Crippen molar-refractivity contribution in [2.75, 3.05) is 11.5 Å². The fourth-order valence-electron chi connectivity index (χ4n) is 1.92. The third-order valence-corrected chi connectivity index (χ3v) is 4.67. The van der Waals surface area contributed by atoms with E-state index in [1.165, 1.54) is 19.1 Å². The highest BCUT2D eigenvalue weighted by Gasteiger charge is 2.25. The molecule has 2 N–H and O–H groups in total. The number of carboxylic acid groups (broad SMARTS) is 1. The van der Waals surface area contributed by atoms with Crippen LogP contribution in [0.3, 0.4) is 0 Å². The normalized spacial score (nSPS) is 12.7. The van der Waals surface area contributed by atoms with Crippen LogP contribution in [-0.4, -0.2) is 36.9 Å². The minimum atomic E-state index is -3.56. The topological polar surface area (TPSA) is 101 Å². The smallest absolute Gasteiger partial charge is 0.330 e. The van der Waals surface area contributed by atoms with E-state index >= 15 is 0 Å². The molecule has 0 bridgehead atoms. The van der Waals surface area contributed by atoms with Crippen LogP contribution < -0.4 is 5.32 Å². The molecule has 1 atom stereocenters. The molecule has 8 heteroatoms. The van der Waals surface area contributed by atoms with Crippen molar-refractivity contribution >= 4 is 21.7 Å². The molecule has 0 fully saturated rings. The molecule has 1 aromatic carbocycles. The van der Waals surface area contributed by atoms with E-state index in [0.717, 1.165) is 6.07 Å². The Morgan fingerprint density at radius 2 is 2.00 bits per heavy atom. The summed E-state index contributed by atoms with van der Waals surface area (Å²) in [6.45, 7) is 3.13. The molecule has 1 aromatic rings. The number of hydrogen-bond acceptors (Lipinski definition) is 4. The van der Waals surface area contributed by atoms with Crippen LogP contribution in [-0.2, 0) is 19.4 Å². The monoisotopic (exact) mass is 331 g/mol. The van der Waals surface area contributed by atoms with Crippen LogP contribution >= 0.6 is 0 Å². The highest BCUT2D eigenvalue weighted by Crippen LogP contribution is 2.17. The summed E-state index contributed by atoms with van der Waals surface area (Å²) in [6.07, 6.45) is 0.370. The lowest BCUT2D eigenvalue weighted by molar-refractivity contribution is -0.141. The summed E-state index contributed by atoms with van der Waals surface area (Å²) in [5.41, 5.74) is 0.407. The second kappa shape index (κ2) is 7.35. The number of amides is 1. The van der Waals surface area contributed by atoms with E-state index in [-0.39, 0.29) is 16.9 Å². The molecule has 1 amide bonds. The number of aliphatic carboxylic acids is 1. The second-order valence-electron chi connectivity index (χ2n) is 4.94. The van der Waals surface area contributed by atoms with Gasteiger partial charge in [-0.3, -0.25) is 4.79 Å². The summed E-state index contributed by atoms with van der Waals surface area (Å²) in [6, 6.07) is 2.21. The molecule has 22 heavy (non-hydrogen) atoms. The van der Waals surface area contributed by atoms with Crippen LogP contribution in [0.5, 0.6) is 0 Å². The lowest BCUT2D eigenvalue weighted by atomic mass is 10.0.